The number of carbonyl (C=O) groups is 1. The molecule has 7 nitrogen and oxygen atoms in total. The number of esters is 1. The summed E-state index contributed by atoms with van der Waals surface area (Å²) in [7, 11) is 0. The van der Waals surface area contributed by atoms with Crippen LogP contribution in [0.3, 0.4) is 0 Å². The van der Waals surface area contributed by atoms with Crippen molar-refractivity contribution in [3.63, 3.8) is 0 Å². The van der Waals surface area contributed by atoms with E-state index in [1.54, 1.807) is 31.5 Å². The summed E-state index contributed by atoms with van der Waals surface area (Å²) >= 11 is 1.47. The lowest BCUT2D eigenvalue weighted by Crippen LogP contribution is -2.11. The minimum absolute atomic E-state index is 0.315. The number of rotatable bonds is 6. The number of ether oxygens (including phenoxy) is 1. The zero-order chi connectivity index (χ0) is 17.6. The number of nitrogen functional groups attached to an aromatic ring is 1. The molecule has 0 atom stereocenters. The van der Waals surface area contributed by atoms with Gasteiger partial charge >= 0.3 is 5.97 Å². The molecule has 2 aromatic heterocycles. The molecule has 0 aliphatic heterocycles. The highest BCUT2D eigenvalue weighted by atomic mass is 32.2. The van der Waals surface area contributed by atoms with Crippen molar-refractivity contribution in [3.05, 3.63) is 59.9 Å². The number of pyridine rings is 1. The van der Waals surface area contributed by atoms with Gasteiger partial charge in [0, 0.05) is 23.7 Å². The van der Waals surface area contributed by atoms with Crippen molar-refractivity contribution in [1.29, 1.82) is 0 Å². The van der Waals surface area contributed by atoms with Crippen molar-refractivity contribution in [3.8, 4) is 11.4 Å². The summed E-state index contributed by atoms with van der Waals surface area (Å²) < 4.78 is 6.42. The molecule has 3 aromatic rings. The normalized spacial score (nSPS) is 10.6. The van der Waals surface area contributed by atoms with Crippen LogP contribution in [0.2, 0.25) is 0 Å². The Kier molecular flexibility index (Phi) is 5.30. The van der Waals surface area contributed by atoms with Crippen molar-refractivity contribution in [1.82, 2.24) is 19.9 Å². The van der Waals surface area contributed by atoms with Crippen LogP contribution in [0.15, 0.2) is 53.9 Å². The number of nitrogens with zero attached hydrogens (tertiary/aromatic N) is 4. The highest BCUT2D eigenvalue weighted by Gasteiger charge is 2.12. The third-order valence-corrected chi connectivity index (χ3v) is 4.43. The average molecular weight is 355 g/mol. The Morgan fingerprint density at radius 3 is 2.72 bits per heavy atom. The number of nitrogens with two attached hydrogens (primary N) is 1. The lowest BCUT2D eigenvalue weighted by atomic mass is 10.1. The Morgan fingerprint density at radius 2 is 2.04 bits per heavy atom. The standard InChI is InChI=1S/C17H17N5O2S/c1-2-24-16(23)13-7-5-12(6-8-13)11-25-17-21-20-15(22(17)18)14-4-3-9-19-10-14/h3-10H,2,11,18H2,1H3. The van der Waals surface area contributed by atoms with Gasteiger partial charge in [-0.15, -0.1) is 10.2 Å². The predicted molar refractivity (Wildman–Crippen MR) is 95.4 cm³/mol. The maximum Gasteiger partial charge on any atom is 0.338 e. The first-order valence-electron chi connectivity index (χ1n) is 7.68. The summed E-state index contributed by atoms with van der Waals surface area (Å²) in [6.07, 6.45) is 3.38. The molecular weight excluding hydrogens is 338 g/mol. The Balaban J connectivity index is 1.66. The van der Waals surface area contributed by atoms with Crippen molar-refractivity contribution in [2.75, 3.05) is 12.4 Å². The van der Waals surface area contributed by atoms with E-state index in [2.05, 4.69) is 15.2 Å². The Bertz CT molecular complexity index is 849. The van der Waals surface area contributed by atoms with E-state index in [0.717, 1.165) is 11.1 Å². The van der Waals surface area contributed by atoms with Gasteiger partial charge in [0.1, 0.15) is 0 Å². The van der Waals surface area contributed by atoms with E-state index < -0.39 is 0 Å². The van der Waals surface area contributed by atoms with E-state index >= 15 is 0 Å². The van der Waals surface area contributed by atoms with Crippen LogP contribution in [0, 0.1) is 0 Å². The number of hydrogen-bond donors (Lipinski definition) is 1. The van der Waals surface area contributed by atoms with E-state index in [9.17, 15) is 4.79 Å². The summed E-state index contributed by atoms with van der Waals surface area (Å²) in [5.41, 5.74) is 2.39. The van der Waals surface area contributed by atoms with Gasteiger partial charge < -0.3 is 10.6 Å². The predicted octanol–water partition coefficient (Wildman–Crippen LogP) is 2.52. The number of thioether (sulfide) groups is 1. The Morgan fingerprint density at radius 1 is 1.24 bits per heavy atom. The van der Waals surface area contributed by atoms with E-state index in [4.69, 9.17) is 10.6 Å². The second-order valence-corrected chi connectivity index (χ2v) is 6.07. The molecule has 8 heteroatoms. The maximum atomic E-state index is 11.6. The van der Waals surface area contributed by atoms with Gasteiger partial charge in [-0.2, -0.15) is 0 Å². The van der Waals surface area contributed by atoms with E-state index in [-0.39, 0.29) is 5.97 Å². The van der Waals surface area contributed by atoms with Crippen LogP contribution in [-0.4, -0.2) is 32.4 Å². The van der Waals surface area contributed by atoms with Gasteiger partial charge in [-0.3, -0.25) is 4.98 Å². The molecular formula is C17H17N5O2S. The molecule has 3 rings (SSSR count). The van der Waals surface area contributed by atoms with Gasteiger partial charge in [-0.25, -0.2) is 9.47 Å². The van der Waals surface area contributed by atoms with Crippen LogP contribution in [-0.2, 0) is 10.5 Å². The monoisotopic (exact) mass is 355 g/mol. The first-order chi connectivity index (χ1) is 12.2. The van der Waals surface area contributed by atoms with Crippen LogP contribution in [0.1, 0.15) is 22.8 Å². The van der Waals surface area contributed by atoms with Gasteiger partial charge in [0.25, 0.3) is 0 Å². The first-order valence-corrected chi connectivity index (χ1v) is 8.67. The minimum Gasteiger partial charge on any atom is -0.462 e. The smallest absolute Gasteiger partial charge is 0.338 e. The fraction of sp³-hybridized carbons (Fsp3) is 0.176. The summed E-state index contributed by atoms with van der Waals surface area (Å²) in [6, 6.07) is 11.0. The molecule has 0 radical (unpaired) electrons. The largest absolute Gasteiger partial charge is 0.462 e. The molecule has 0 aliphatic carbocycles. The second kappa shape index (κ2) is 7.80. The van der Waals surface area contributed by atoms with Crippen LogP contribution >= 0.6 is 11.8 Å². The van der Waals surface area contributed by atoms with Gasteiger partial charge in [-0.1, -0.05) is 23.9 Å². The van der Waals surface area contributed by atoms with Crippen molar-refractivity contribution in [2.24, 2.45) is 0 Å². The van der Waals surface area contributed by atoms with Crippen molar-refractivity contribution >= 4 is 17.7 Å². The van der Waals surface area contributed by atoms with Crippen LogP contribution in [0.5, 0.6) is 0 Å². The highest BCUT2D eigenvalue weighted by molar-refractivity contribution is 7.98. The average Bonchev–Trinajstić information content (AvgIpc) is 3.02. The third kappa shape index (κ3) is 3.97. The summed E-state index contributed by atoms with van der Waals surface area (Å²) in [5.74, 6) is 6.98. The van der Waals surface area contributed by atoms with Crippen LogP contribution < -0.4 is 5.84 Å². The zero-order valence-corrected chi connectivity index (χ0v) is 14.4. The van der Waals surface area contributed by atoms with Crippen LogP contribution in [0.25, 0.3) is 11.4 Å². The first kappa shape index (κ1) is 17.0. The van der Waals surface area contributed by atoms with Gasteiger partial charge in [0.05, 0.1) is 12.2 Å². The lowest BCUT2D eigenvalue weighted by Gasteiger charge is -2.05. The van der Waals surface area contributed by atoms with Gasteiger partial charge in [-0.05, 0) is 36.8 Å². The van der Waals surface area contributed by atoms with Gasteiger partial charge in [0.2, 0.25) is 5.16 Å². The Labute approximate surface area is 149 Å². The SMILES string of the molecule is CCOC(=O)c1ccc(CSc2nnc(-c3cccnc3)n2N)cc1. The molecule has 0 spiro atoms. The highest BCUT2D eigenvalue weighted by Crippen LogP contribution is 2.24. The number of aromatic nitrogens is 4. The molecule has 0 aliphatic rings. The topological polar surface area (TPSA) is 95.9 Å². The molecule has 25 heavy (non-hydrogen) atoms. The molecule has 0 amide bonds. The fourth-order valence-corrected chi connectivity index (χ4v) is 2.98. The number of hydrogen-bond acceptors (Lipinski definition) is 7. The molecule has 0 unspecified atom stereocenters. The molecule has 0 saturated carbocycles. The number of carbonyl (C=O) groups excluding carboxylic acids is 1. The fourth-order valence-electron chi connectivity index (χ4n) is 2.17. The minimum atomic E-state index is -0.315. The number of benzene rings is 1. The van der Waals surface area contributed by atoms with E-state index in [1.807, 2.05) is 24.3 Å². The lowest BCUT2D eigenvalue weighted by molar-refractivity contribution is 0.0526. The summed E-state index contributed by atoms with van der Waals surface area (Å²) in [4.78, 5) is 15.7. The zero-order valence-electron chi connectivity index (χ0n) is 13.6. The third-order valence-electron chi connectivity index (χ3n) is 3.42. The van der Waals surface area contributed by atoms with Gasteiger partial charge in [0.15, 0.2) is 5.82 Å². The molecule has 128 valence electrons. The maximum absolute atomic E-state index is 11.6. The van der Waals surface area contributed by atoms with E-state index in [1.165, 1.54) is 16.4 Å². The molecule has 1 aromatic carbocycles. The van der Waals surface area contributed by atoms with Crippen molar-refractivity contribution < 1.29 is 9.53 Å². The Hall–Kier alpha value is -2.87. The van der Waals surface area contributed by atoms with Crippen LogP contribution in [0.4, 0.5) is 0 Å². The molecule has 0 bridgehead atoms. The van der Waals surface area contributed by atoms with E-state index in [0.29, 0.717) is 28.9 Å². The van der Waals surface area contributed by atoms with Crippen molar-refractivity contribution in [2.45, 2.75) is 17.8 Å². The molecule has 2 N–H and O–H groups in total. The summed E-state index contributed by atoms with van der Waals surface area (Å²) in [6.45, 7) is 2.15. The molecule has 2 heterocycles. The quantitative estimate of drug-likeness (QED) is 0.412. The molecule has 0 saturated heterocycles. The molecule has 0 fully saturated rings. The second-order valence-electron chi connectivity index (χ2n) is 5.12. The summed E-state index contributed by atoms with van der Waals surface area (Å²) in [5, 5.41) is 8.85.